The molecule has 0 saturated heterocycles. The van der Waals surface area contributed by atoms with Gasteiger partial charge in [0, 0.05) is 6.42 Å². The molecule has 2 unspecified atom stereocenters. The number of rotatable bonds is 9. The minimum Gasteiger partial charge on any atom is -0.481 e. The molecular formula is C13H17NO8PS+. The number of hydrogen-bond donors (Lipinski definition) is 5. The van der Waals surface area contributed by atoms with Gasteiger partial charge in [-0.15, -0.1) is 0 Å². The van der Waals surface area contributed by atoms with Crippen LogP contribution in [0.25, 0.3) is 0 Å². The van der Waals surface area contributed by atoms with Gasteiger partial charge in [0.2, 0.25) is 5.96 Å². The molecule has 0 heterocycles. The molecule has 2 atom stereocenters. The molecule has 1 aromatic rings. The highest BCUT2D eigenvalue weighted by Crippen LogP contribution is 2.49. The predicted molar refractivity (Wildman–Crippen MR) is 87.9 cm³/mol. The molecule has 24 heavy (non-hydrogen) atoms. The Morgan fingerprint density at radius 2 is 1.79 bits per heavy atom. The van der Waals surface area contributed by atoms with Crippen molar-refractivity contribution in [3.05, 3.63) is 24.3 Å². The standard InChI is InChI=1S/C13H16NO8PS/c15-12(16)6-1-9(13(17)18)7-23(19,20)8-14-10-2-4-11(5-3-10)24(21)22/h2-5,8-9,19-20H,1,6-7H2,(H2-,15,16,17,18,21,22)/p+1. The van der Waals surface area contributed by atoms with Gasteiger partial charge in [-0.1, -0.05) is 0 Å². The van der Waals surface area contributed by atoms with Crippen molar-refractivity contribution >= 4 is 42.4 Å². The van der Waals surface area contributed by atoms with Gasteiger partial charge in [0.25, 0.3) is 0 Å². The SMILES string of the molecule is O=C(O)CCC(C[P+](O)(O)C=Nc1ccc(S(=O)O)cc1)C(=O)O. The van der Waals surface area contributed by atoms with Crippen molar-refractivity contribution in [2.45, 2.75) is 17.7 Å². The molecule has 0 aromatic heterocycles. The highest BCUT2D eigenvalue weighted by atomic mass is 32.2. The van der Waals surface area contributed by atoms with Crippen molar-refractivity contribution in [1.29, 1.82) is 0 Å². The number of carboxylic acid groups (broad SMARTS) is 2. The molecule has 5 N–H and O–H groups in total. The highest BCUT2D eigenvalue weighted by molar-refractivity contribution is 7.79. The zero-order valence-electron chi connectivity index (χ0n) is 12.3. The summed E-state index contributed by atoms with van der Waals surface area (Å²) in [6.45, 7) is 0. The summed E-state index contributed by atoms with van der Waals surface area (Å²) in [6.07, 6.45) is -1.13. The van der Waals surface area contributed by atoms with Gasteiger partial charge in [-0.3, -0.25) is 9.59 Å². The van der Waals surface area contributed by atoms with Crippen LogP contribution in [-0.2, 0) is 20.7 Å². The molecule has 0 radical (unpaired) electrons. The number of nitrogens with zero attached hydrogens (tertiary/aromatic N) is 1. The van der Waals surface area contributed by atoms with Gasteiger partial charge in [0.05, 0.1) is 16.5 Å². The summed E-state index contributed by atoms with van der Waals surface area (Å²) in [4.78, 5) is 45.4. The Hall–Kier alpha value is -1.71. The van der Waals surface area contributed by atoms with Crippen molar-refractivity contribution in [2.75, 3.05) is 6.16 Å². The summed E-state index contributed by atoms with van der Waals surface area (Å²) in [5, 5.41) is 17.6. The van der Waals surface area contributed by atoms with Crippen LogP contribution in [0, 0.1) is 5.92 Å². The first-order chi connectivity index (χ1) is 11.1. The van der Waals surface area contributed by atoms with Crippen LogP contribution in [0.4, 0.5) is 5.69 Å². The second-order valence-electron chi connectivity index (χ2n) is 4.92. The average molecular weight is 378 g/mol. The lowest BCUT2D eigenvalue weighted by molar-refractivity contribution is -0.142. The van der Waals surface area contributed by atoms with Gasteiger partial charge < -0.3 is 14.8 Å². The molecule has 0 aliphatic carbocycles. The summed E-state index contributed by atoms with van der Waals surface area (Å²) in [6, 6.07) is 5.45. The summed E-state index contributed by atoms with van der Waals surface area (Å²) in [5.41, 5.74) is 0.286. The molecule has 132 valence electrons. The third-order valence-electron chi connectivity index (χ3n) is 2.98. The van der Waals surface area contributed by atoms with Gasteiger partial charge in [-0.2, -0.15) is 0 Å². The Balaban J connectivity index is 2.76. The van der Waals surface area contributed by atoms with Crippen LogP contribution in [0.2, 0.25) is 0 Å². The van der Waals surface area contributed by atoms with E-state index in [2.05, 4.69) is 4.99 Å². The molecule has 0 saturated carbocycles. The van der Waals surface area contributed by atoms with Gasteiger partial charge in [0.15, 0.2) is 11.1 Å². The van der Waals surface area contributed by atoms with Crippen LogP contribution in [-0.4, -0.2) is 52.8 Å². The monoisotopic (exact) mass is 378 g/mol. The first-order valence-electron chi connectivity index (χ1n) is 6.65. The molecule has 0 spiro atoms. The van der Waals surface area contributed by atoms with Crippen LogP contribution >= 0.6 is 7.72 Å². The van der Waals surface area contributed by atoms with E-state index in [1.807, 2.05) is 0 Å². The van der Waals surface area contributed by atoms with Crippen molar-refractivity contribution in [1.82, 2.24) is 0 Å². The molecule has 0 aliphatic rings. The Morgan fingerprint density at radius 1 is 1.21 bits per heavy atom. The van der Waals surface area contributed by atoms with Gasteiger partial charge >= 0.3 is 19.7 Å². The van der Waals surface area contributed by atoms with E-state index in [1.165, 1.54) is 24.3 Å². The van der Waals surface area contributed by atoms with Crippen LogP contribution in [0.5, 0.6) is 0 Å². The number of aliphatic carboxylic acids is 2. The summed E-state index contributed by atoms with van der Waals surface area (Å²) < 4.78 is 19.7. The Bertz CT molecular complexity index is 646. The number of carboxylic acids is 2. The molecular weight excluding hydrogens is 361 g/mol. The fraction of sp³-hybridized carbons (Fsp3) is 0.308. The fourth-order valence-electron chi connectivity index (χ4n) is 1.77. The van der Waals surface area contributed by atoms with Crippen molar-refractivity contribution < 1.29 is 38.4 Å². The predicted octanol–water partition coefficient (Wildman–Crippen LogP) is 1.32. The topological polar surface area (TPSA) is 165 Å². The largest absolute Gasteiger partial charge is 0.481 e. The zero-order valence-corrected chi connectivity index (χ0v) is 14.1. The number of benzene rings is 1. The van der Waals surface area contributed by atoms with Crippen LogP contribution in [0.3, 0.4) is 0 Å². The average Bonchev–Trinajstić information content (AvgIpc) is 2.49. The first-order valence-corrected chi connectivity index (χ1v) is 9.70. The van der Waals surface area contributed by atoms with E-state index in [9.17, 15) is 23.6 Å². The minimum atomic E-state index is -3.78. The molecule has 0 fully saturated rings. The van der Waals surface area contributed by atoms with E-state index in [0.717, 1.165) is 5.96 Å². The maximum absolute atomic E-state index is 11.1. The van der Waals surface area contributed by atoms with E-state index in [-0.39, 0.29) is 17.0 Å². The van der Waals surface area contributed by atoms with Gasteiger partial charge in [-0.25, -0.2) is 19.0 Å². The van der Waals surface area contributed by atoms with Crippen LogP contribution in [0.15, 0.2) is 34.2 Å². The number of aliphatic imine (C=N–C) groups is 1. The number of carbonyl (C=O) groups is 2. The lowest BCUT2D eigenvalue weighted by Gasteiger charge is -2.13. The van der Waals surface area contributed by atoms with Gasteiger partial charge in [0.1, 0.15) is 6.16 Å². The lowest BCUT2D eigenvalue weighted by Crippen LogP contribution is -2.21. The van der Waals surface area contributed by atoms with Gasteiger partial charge in [-0.05, 0) is 30.7 Å². The van der Waals surface area contributed by atoms with E-state index in [1.54, 1.807) is 0 Å². The smallest absolute Gasteiger partial charge is 0.312 e. The normalized spacial score (nSPS) is 14.5. The third kappa shape index (κ3) is 7.24. The fourth-order valence-corrected chi connectivity index (χ4v) is 3.54. The lowest BCUT2D eigenvalue weighted by atomic mass is 10.1. The Morgan fingerprint density at radius 3 is 2.25 bits per heavy atom. The minimum absolute atomic E-state index is 0.155. The number of hydrogen-bond acceptors (Lipinski definition) is 6. The maximum atomic E-state index is 11.1. The van der Waals surface area contributed by atoms with Crippen LogP contribution in [0.1, 0.15) is 12.8 Å². The molecule has 11 heteroatoms. The van der Waals surface area contributed by atoms with Crippen LogP contribution < -0.4 is 0 Å². The van der Waals surface area contributed by atoms with E-state index < -0.39 is 49.2 Å². The molecule has 0 aliphatic heterocycles. The zero-order chi connectivity index (χ0) is 18.3. The molecule has 1 rings (SSSR count). The molecule has 0 bridgehead atoms. The van der Waals surface area contributed by atoms with E-state index in [0.29, 0.717) is 0 Å². The Labute approximate surface area is 140 Å². The molecule has 9 nitrogen and oxygen atoms in total. The molecule has 1 aromatic carbocycles. The second-order valence-corrected chi connectivity index (χ2v) is 8.06. The second kappa shape index (κ2) is 8.95. The van der Waals surface area contributed by atoms with E-state index >= 15 is 0 Å². The first kappa shape index (κ1) is 20.3. The maximum Gasteiger partial charge on any atom is 0.312 e. The van der Waals surface area contributed by atoms with Crippen molar-refractivity contribution in [3.8, 4) is 0 Å². The Kier molecular flexibility index (Phi) is 7.59. The van der Waals surface area contributed by atoms with E-state index in [4.69, 9.17) is 14.8 Å². The molecule has 0 amide bonds. The summed E-state index contributed by atoms with van der Waals surface area (Å²) in [5.74, 6) is -2.85. The third-order valence-corrected chi connectivity index (χ3v) is 5.11. The summed E-state index contributed by atoms with van der Waals surface area (Å²) >= 11 is -2.13. The summed E-state index contributed by atoms with van der Waals surface area (Å²) in [7, 11) is -3.78. The quantitative estimate of drug-likeness (QED) is 0.244. The van der Waals surface area contributed by atoms with Crippen molar-refractivity contribution in [2.24, 2.45) is 10.9 Å². The highest BCUT2D eigenvalue weighted by Gasteiger charge is 2.38. The van der Waals surface area contributed by atoms with Crippen molar-refractivity contribution in [3.63, 3.8) is 0 Å².